The van der Waals surface area contributed by atoms with Gasteiger partial charge in [0.15, 0.2) is 6.04 Å². The summed E-state index contributed by atoms with van der Waals surface area (Å²) >= 11 is 5.78. The van der Waals surface area contributed by atoms with Gasteiger partial charge >= 0.3 is 0 Å². The summed E-state index contributed by atoms with van der Waals surface area (Å²) in [6.07, 6.45) is 0. The smallest absolute Gasteiger partial charge is 0.271 e. The second kappa shape index (κ2) is 7.13. The molecule has 1 aromatic carbocycles. The molecule has 2 amide bonds. The lowest BCUT2D eigenvalue weighted by Crippen LogP contribution is -2.49. The van der Waals surface area contributed by atoms with Crippen molar-refractivity contribution in [1.29, 1.82) is 5.26 Å². The van der Waals surface area contributed by atoms with E-state index >= 15 is 0 Å². The van der Waals surface area contributed by atoms with Crippen LogP contribution in [0.15, 0.2) is 45.6 Å². The summed E-state index contributed by atoms with van der Waals surface area (Å²) < 4.78 is 0. The molecule has 0 spiro atoms. The molecule has 0 saturated carbocycles. The molecule has 23 heavy (non-hydrogen) atoms. The molecule has 0 aromatic heterocycles. The Labute approximate surface area is 137 Å². The van der Waals surface area contributed by atoms with Crippen molar-refractivity contribution in [3.63, 3.8) is 0 Å². The molecule has 0 radical (unpaired) electrons. The summed E-state index contributed by atoms with van der Waals surface area (Å²) in [6, 6.07) is 7.23. The highest BCUT2D eigenvalue weighted by Crippen LogP contribution is 2.25. The van der Waals surface area contributed by atoms with E-state index in [2.05, 4.69) is 10.2 Å². The van der Waals surface area contributed by atoms with Crippen molar-refractivity contribution >= 4 is 29.1 Å². The lowest BCUT2D eigenvalue weighted by atomic mass is 9.97. The standard InChI is InChI=1S/C15H13ClN4O3/c1-9-12(8-17)14(22)20(6-7-21)15(23)13(9)19-18-11-4-2-10(16)3-5-11/h2-5,13,21H,6-7H2,1H3. The van der Waals surface area contributed by atoms with E-state index < -0.39 is 24.5 Å². The fourth-order valence-electron chi connectivity index (χ4n) is 2.09. The zero-order valence-corrected chi connectivity index (χ0v) is 13.0. The Morgan fingerprint density at radius 3 is 2.57 bits per heavy atom. The monoisotopic (exact) mass is 332 g/mol. The number of rotatable bonds is 4. The van der Waals surface area contributed by atoms with Crippen LogP contribution < -0.4 is 0 Å². The maximum absolute atomic E-state index is 12.3. The third-order valence-corrected chi connectivity index (χ3v) is 3.57. The van der Waals surface area contributed by atoms with Gasteiger partial charge in [-0.15, -0.1) is 0 Å². The van der Waals surface area contributed by atoms with E-state index in [0.29, 0.717) is 10.7 Å². The van der Waals surface area contributed by atoms with Crippen LogP contribution in [0.4, 0.5) is 5.69 Å². The Bertz CT molecular complexity index is 734. The SMILES string of the molecule is CC1=C(C#N)C(=O)N(CCO)C(=O)C1N=Nc1ccc(Cl)cc1. The Hall–Kier alpha value is -2.56. The molecule has 1 heterocycles. The van der Waals surface area contributed by atoms with Gasteiger partial charge in [-0.25, -0.2) is 0 Å². The van der Waals surface area contributed by atoms with Gasteiger partial charge in [0.25, 0.3) is 11.8 Å². The van der Waals surface area contributed by atoms with E-state index in [-0.39, 0.29) is 17.7 Å². The van der Waals surface area contributed by atoms with E-state index in [9.17, 15) is 9.59 Å². The number of hydrogen-bond donors (Lipinski definition) is 1. The first kappa shape index (κ1) is 16.8. The first-order valence-corrected chi connectivity index (χ1v) is 7.11. The normalized spacial score (nSPS) is 18.7. The zero-order chi connectivity index (χ0) is 17.0. The number of nitrogens with zero attached hydrogens (tertiary/aromatic N) is 4. The Kier molecular flexibility index (Phi) is 5.21. The minimum atomic E-state index is -1.07. The molecule has 7 nitrogen and oxygen atoms in total. The minimum Gasteiger partial charge on any atom is -0.395 e. The molecule has 1 N–H and O–H groups in total. The van der Waals surface area contributed by atoms with Crippen molar-refractivity contribution in [2.24, 2.45) is 10.2 Å². The molecular weight excluding hydrogens is 320 g/mol. The van der Waals surface area contributed by atoms with Gasteiger partial charge in [-0.2, -0.15) is 15.5 Å². The molecule has 1 aliphatic rings. The predicted octanol–water partition coefficient (Wildman–Crippen LogP) is 1.99. The molecule has 2 rings (SSSR count). The maximum Gasteiger partial charge on any atom is 0.271 e. The lowest BCUT2D eigenvalue weighted by molar-refractivity contribution is -0.144. The van der Waals surface area contributed by atoms with Gasteiger partial charge in [0.2, 0.25) is 0 Å². The highest BCUT2D eigenvalue weighted by atomic mass is 35.5. The van der Waals surface area contributed by atoms with Crippen molar-refractivity contribution in [2.75, 3.05) is 13.2 Å². The third kappa shape index (κ3) is 3.44. The molecular formula is C15H13ClN4O3. The average molecular weight is 333 g/mol. The molecule has 0 bridgehead atoms. The zero-order valence-electron chi connectivity index (χ0n) is 12.2. The molecule has 8 heteroatoms. The number of nitriles is 1. The Balaban J connectivity index is 2.37. The van der Waals surface area contributed by atoms with Crippen LogP contribution in [-0.4, -0.2) is 41.0 Å². The van der Waals surface area contributed by atoms with Gasteiger partial charge in [-0.3, -0.25) is 14.5 Å². The van der Waals surface area contributed by atoms with Crippen LogP contribution in [0, 0.1) is 11.3 Å². The van der Waals surface area contributed by atoms with Crippen molar-refractivity contribution in [1.82, 2.24) is 4.90 Å². The average Bonchev–Trinajstić information content (AvgIpc) is 2.53. The Morgan fingerprint density at radius 2 is 2.00 bits per heavy atom. The van der Waals surface area contributed by atoms with Crippen LogP contribution in [0.5, 0.6) is 0 Å². The van der Waals surface area contributed by atoms with Crippen LogP contribution in [-0.2, 0) is 9.59 Å². The number of carbonyl (C=O) groups is 2. The summed E-state index contributed by atoms with van der Waals surface area (Å²) in [6.45, 7) is 0.912. The number of aliphatic hydroxyl groups is 1. The summed E-state index contributed by atoms with van der Waals surface area (Å²) in [5.74, 6) is -1.33. The number of imide groups is 1. The van der Waals surface area contributed by atoms with Crippen LogP contribution in [0.3, 0.4) is 0 Å². The van der Waals surface area contributed by atoms with E-state index in [0.717, 1.165) is 4.90 Å². The summed E-state index contributed by atoms with van der Waals surface area (Å²) in [5.41, 5.74) is 0.576. The number of β-amino-alcohol motifs (C(OH)–C–C–N with tert-alkyl or cyclic N) is 1. The summed E-state index contributed by atoms with van der Waals surface area (Å²) in [7, 11) is 0. The van der Waals surface area contributed by atoms with Gasteiger partial charge in [-0.1, -0.05) is 11.6 Å². The number of amides is 2. The van der Waals surface area contributed by atoms with Crippen LogP contribution in [0.25, 0.3) is 0 Å². The number of benzene rings is 1. The molecule has 1 aromatic rings. The fourth-order valence-corrected chi connectivity index (χ4v) is 2.22. The highest BCUT2D eigenvalue weighted by Gasteiger charge is 2.39. The summed E-state index contributed by atoms with van der Waals surface area (Å²) in [5, 5.41) is 26.6. The third-order valence-electron chi connectivity index (χ3n) is 3.31. The molecule has 1 atom stereocenters. The maximum atomic E-state index is 12.3. The topological polar surface area (TPSA) is 106 Å². The summed E-state index contributed by atoms with van der Waals surface area (Å²) in [4.78, 5) is 25.2. The van der Waals surface area contributed by atoms with Crippen molar-refractivity contribution in [2.45, 2.75) is 13.0 Å². The molecule has 118 valence electrons. The Morgan fingerprint density at radius 1 is 1.35 bits per heavy atom. The lowest BCUT2D eigenvalue weighted by Gasteiger charge is -2.28. The van der Waals surface area contributed by atoms with Crippen LogP contribution in [0.2, 0.25) is 5.02 Å². The number of azo groups is 1. The number of hydrogen-bond acceptors (Lipinski definition) is 6. The highest BCUT2D eigenvalue weighted by molar-refractivity contribution is 6.30. The van der Waals surface area contributed by atoms with Gasteiger partial charge in [0.05, 0.1) is 18.8 Å². The van der Waals surface area contributed by atoms with Crippen molar-refractivity contribution in [3.05, 3.63) is 40.4 Å². The van der Waals surface area contributed by atoms with E-state index in [1.807, 2.05) is 0 Å². The number of aliphatic hydroxyl groups excluding tert-OH is 1. The van der Waals surface area contributed by atoms with Crippen molar-refractivity contribution < 1.29 is 14.7 Å². The van der Waals surface area contributed by atoms with Crippen LogP contribution in [0.1, 0.15) is 6.92 Å². The second-order valence-electron chi connectivity index (χ2n) is 4.78. The van der Waals surface area contributed by atoms with Gasteiger partial charge in [-0.05, 0) is 36.8 Å². The molecule has 0 saturated heterocycles. The first-order valence-electron chi connectivity index (χ1n) is 6.73. The predicted molar refractivity (Wildman–Crippen MR) is 81.9 cm³/mol. The van der Waals surface area contributed by atoms with Crippen LogP contribution >= 0.6 is 11.6 Å². The largest absolute Gasteiger partial charge is 0.395 e. The van der Waals surface area contributed by atoms with Gasteiger partial charge < -0.3 is 5.11 Å². The van der Waals surface area contributed by atoms with Gasteiger partial charge in [0.1, 0.15) is 11.6 Å². The van der Waals surface area contributed by atoms with E-state index in [1.54, 1.807) is 30.3 Å². The molecule has 1 unspecified atom stereocenters. The first-order chi connectivity index (χ1) is 11.0. The molecule has 0 aliphatic carbocycles. The second-order valence-corrected chi connectivity index (χ2v) is 5.22. The quantitative estimate of drug-likeness (QED) is 0.672. The van der Waals surface area contributed by atoms with E-state index in [4.69, 9.17) is 22.0 Å². The molecule has 0 fully saturated rings. The minimum absolute atomic E-state index is 0.155. The van der Waals surface area contributed by atoms with Crippen molar-refractivity contribution in [3.8, 4) is 6.07 Å². The van der Waals surface area contributed by atoms with E-state index in [1.165, 1.54) is 6.92 Å². The van der Waals surface area contributed by atoms with Gasteiger partial charge in [0, 0.05) is 5.02 Å². The molecule has 1 aliphatic heterocycles. The number of carbonyl (C=O) groups excluding carboxylic acids is 2. The fraction of sp³-hybridized carbons (Fsp3) is 0.267. The number of halogens is 1.